The van der Waals surface area contributed by atoms with Crippen molar-refractivity contribution in [2.45, 2.75) is 19.6 Å². The van der Waals surface area contributed by atoms with Gasteiger partial charge < -0.3 is 5.11 Å². The zero-order valence-electron chi connectivity index (χ0n) is 9.27. The van der Waals surface area contributed by atoms with Crippen LogP contribution < -0.4 is 0 Å². The molecule has 1 N–H and O–H groups in total. The average molecular weight is 299 g/mol. The van der Waals surface area contributed by atoms with Gasteiger partial charge in [0, 0.05) is 22.8 Å². The molecule has 1 aromatic heterocycles. The molecule has 0 aliphatic rings. The summed E-state index contributed by atoms with van der Waals surface area (Å²) in [7, 11) is 0. The van der Waals surface area contributed by atoms with Gasteiger partial charge in [-0.15, -0.1) is 0 Å². The van der Waals surface area contributed by atoms with E-state index in [0.29, 0.717) is 22.3 Å². The first-order valence-corrected chi connectivity index (χ1v) is 6.07. The van der Waals surface area contributed by atoms with E-state index in [4.69, 9.17) is 0 Å². The number of nitrogens with zero attached hydrogens (tertiary/aromatic N) is 2. The second kappa shape index (κ2) is 4.98. The van der Waals surface area contributed by atoms with Crippen molar-refractivity contribution in [3.05, 3.63) is 52.0 Å². The fraction of sp³-hybridized carbons (Fsp3) is 0.250. The highest BCUT2D eigenvalue weighted by Crippen LogP contribution is 2.29. The Morgan fingerprint density at radius 3 is 2.94 bits per heavy atom. The van der Waals surface area contributed by atoms with Crippen molar-refractivity contribution in [1.82, 2.24) is 9.78 Å². The molecule has 1 heterocycles. The van der Waals surface area contributed by atoms with Gasteiger partial charge in [-0.25, -0.2) is 4.39 Å². The number of aromatic nitrogens is 2. The highest BCUT2D eigenvalue weighted by molar-refractivity contribution is 9.10. The van der Waals surface area contributed by atoms with Crippen molar-refractivity contribution in [3.63, 3.8) is 0 Å². The molecule has 0 radical (unpaired) electrons. The van der Waals surface area contributed by atoms with Crippen LogP contribution in [-0.4, -0.2) is 14.9 Å². The molecule has 5 heteroatoms. The van der Waals surface area contributed by atoms with Crippen LogP contribution in [0.5, 0.6) is 0 Å². The average Bonchev–Trinajstić information content (AvgIpc) is 2.79. The van der Waals surface area contributed by atoms with Crippen LogP contribution in [0.25, 0.3) is 0 Å². The predicted octanol–water partition coefficient (Wildman–Crippen LogP) is 2.89. The first-order chi connectivity index (χ1) is 8.13. The van der Waals surface area contributed by atoms with Gasteiger partial charge in [0.15, 0.2) is 0 Å². The van der Waals surface area contributed by atoms with Crippen molar-refractivity contribution in [3.8, 4) is 0 Å². The minimum absolute atomic E-state index is 0.371. The zero-order valence-corrected chi connectivity index (χ0v) is 10.9. The molecular formula is C12H12BrFN2O. The maximum atomic E-state index is 13.2. The molecular weight excluding hydrogens is 287 g/mol. The smallest absolute Gasteiger partial charge is 0.123 e. The predicted molar refractivity (Wildman–Crippen MR) is 66.1 cm³/mol. The Balaban J connectivity index is 2.43. The van der Waals surface area contributed by atoms with Crippen molar-refractivity contribution in [1.29, 1.82) is 0 Å². The third-order valence-electron chi connectivity index (χ3n) is 2.58. The Morgan fingerprint density at radius 1 is 1.47 bits per heavy atom. The van der Waals surface area contributed by atoms with Gasteiger partial charge in [0.25, 0.3) is 0 Å². The molecule has 0 bridgehead atoms. The second-order valence-electron chi connectivity index (χ2n) is 3.64. The lowest BCUT2D eigenvalue weighted by Crippen LogP contribution is -2.09. The summed E-state index contributed by atoms with van der Waals surface area (Å²) in [5.41, 5.74) is 1.15. The fourth-order valence-corrected chi connectivity index (χ4v) is 2.19. The molecule has 0 aliphatic carbocycles. The molecule has 2 aromatic rings. The van der Waals surface area contributed by atoms with E-state index >= 15 is 0 Å². The maximum Gasteiger partial charge on any atom is 0.123 e. The molecule has 0 saturated carbocycles. The minimum atomic E-state index is -0.887. The van der Waals surface area contributed by atoms with E-state index in [9.17, 15) is 9.50 Å². The summed E-state index contributed by atoms with van der Waals surface area (Å²) in [5, 5.41) is 14.3. The Labute approximate surface area is 107 Å². The largest absolute Gasteiger partial charge is 0.382 e. The van der Waals surface area contributed by atoms with Gasteiger partial charge in [-0.2, -0.15) is 5.10 Å². The van der Waals surface area contributed by atoms with E-state index in [0.717, 1.165) is 0 Å². The monoisotopic (exact) mass is 298 g/mol. The molecule has 2 rings (SSSR count). The molecule has 17 heavy (non-hydrogen) atoms. The highest BCUT2D eigenvalue weighted by atomic mass is 79.9. The van der Waals surface area contributed by atoms with Gasteiger partial charge >= 0.3 is 0 Å². The van der Waals surface area contributed by atoms with E-state index in [1.807, 2.05) is 6.92 Å². The summed E-state index contributed by atoms with van der Waals surface area (Å²) in [6, 6.07) is 5.98. The third kappa shape index (κ3) is 2.40. The second-order valence-corrected chi connectivity index (χ2v) is 4.49. The van der Waals surface area contributed by atoms with Crippen molar-refractivity contribution in [2.24, 2.45) is 0 Å². The van der Waals surface area contributed by atoms with Gasteiger partial charge in [-0.3, -0.25) is 4.68 Å². The standard InChI is InChI=1S/C12H12BrFN2O/c1-2-16-11(5-6-15-16)12(17)9-7-8(14)3-4-10(9)13/h3-7,12,17H,2H2,1H3. The molecule has 0 fully saturated rings. The minimum Gasteiger partial charge on any atom is -0.382 e. The summed E-state index contributed by atoms with van der Waals surface area (Å²) in [5.74, 6) is -0.371. The summed E-state index contributed by atoms with van der Waals surface area (Å²) in [4.78, 5) is 0. The highest BCUT2D eigenvalue weighted by Gasteiger charge is 2.17. The quantitative estimate of drug-likeness (QED) is 0.946. The van der Waals surface area contributed by atoms with Crippen molar-refractivity contribution >= 4 is 15.9 Å². The lowest BCUT2D eigenvalue weighted by atomic mass is 10.1. The Bertz CT molecular complexity index is 527. The SMILES string of the molecule is CCn1nccc1C(O)c1cc(F)ccc1Br. The van der Waals surface area contributed by atoms with Gasteiger partial charge in [0.2, 0.25) is 0 Å². The van der Waals surface area contributed by atoms with Gasteiger partial charge in [-0.05, 0) is 31.2 Å². The van der Waals surface area contributed by atoms with E-state index < -0.39 is 6.10 Å². The Hall–Kier alpha value is -1.20. The lowest BCUT2D eigenvalue weighted by molar-refractivity contribution is 0.207. The third-order valence-corrected chi connectivity index (χ3v) is 3.30. The fourth-order valence-electron chi connectivity index (χ4n) is 1.72. The molecule has 90 valence electrons. The zero-order chi connectivity index (χ0) is 12.4. The molecule has 0 aliphatic heterocycles. The Morgan fingerprint density at radius 2 is 2.24 bits per heavy atom. The first kappa shape index (κ1) is 12.3. The molecule has 0 spiro atoms. The summed E-state index contributed by atoms with van der Waals surface area (Å²) < 4.78 is 15.5. The number of benzene rings is 1. The van der Waals surface area contributed by atoms with Crippen molar-refractivity contribution in [2.75, 3.05) is 0 Å². The topological polar surface area (TPSA) is 38.0 Å². The first-order valence-electron chi connectivity index (χ1n) is 5.28. The number of rotatable bonds is 3. The van der Waals surface area contributed by atoms with Crippen LogP contribution in [0, 0.1) is 5.82 Å². The number of aliphatic hydroxyl groups is 1. The van der Waals surface area contributed by atoms with Crippen LogP contribution in [0.1, 0.15) is 24.3 Å². The van der Waals surface area contributed by atoms with E-state index in [2.05, 4.69) is 21.0 Å². The van der Waals surface area contributed by atoms with Gasteiger partial charge in [0.05, 0.1) is 5.69 Å². The molecule has 1 aromatic carbocycles. The van der Waals surface area contributed by atoms with Crippen LogP contribution >= 0.6 is 15.9 Å². The van der Waals surface area contributed by atoms with Crippen LogP contribution in [0.3, 0.4) is 0 Å². The summed E-state index contributed by atoms with van der Waals surface area (Å²) >= 11 is 3.31. The van der Waals surface area contributed by atoms with E-state index in [1.54, 1.807) is 23.0 Å². The molecule has 1 unspecified atom stereocenters. The summed E-state index contributed by atoms with van der Waals surface area (Å²) in [6.45, 7) is 2.59. The molecule has 3 nitrogen and oxygen atoms in total. The molecule has 0 saturated heterocycles. The molecule has 1 atom stereocenters. The van der Waals surface area contributed by atoms with E-state index in [-0.39, 0.29) is 5.82 Å². The number of aliphatic hydroxyl groups excluding tert-OH is 1. The van der Waals surface area contributed by atoms with Crippen LogP contribution in [0.4, 0.5) is 4.39 Å². The number of hydrogen-bond acceptors (Lipinski definition) is 2. The van der Waals surface area contributed by atoms with E-state index in [1.165, 1.54) is 12.1 Å². The summed E-state index contributed by atoms with van der Waals surface area (Å²) in [6.07, 6.45) is 0.734. The number of aryl methyl sites for hydroxylation is 1. The Kier molecular flexibility index (Phi) is 3.59. The molecule has 0 amide bonds. The number of hydrogen-bond donors (Lipinski definition) is 1. The maximum absolute atomic E-state index is 13.2. The van der Waals surface area contributed by atoms with Crippen LogP contribution in [0.15, 0.2) is 34.9 Å². The van der Waals surface area contributed by atoms with Crippen molar-refractivity contribution < 1.29 is 9.50 Å². The lowest BCUT2D eigenvalue weighted by Gasteiger charge is -2.14. The van der Waals surface area contributed by atoms with Crippen LogP contribution in [-0.2, 0) is 6.54 Å². The number of halogens is 2. The normalized spacial score (nSPS) is 12.7. The van der Waals surface area contributed by atoms with Gasteiger partial charge in [-0.1, -0.05) is 15.9 Å². The van der Waals surface area contributed by atoms with Crippen LogP contribution in [0.2, 0.25) is 0 Å². The van der Waals surface area contributed by atoms with Gasteiger partial charge in [0.1, 0.15) is 11.9 Å².